The number of hydrogen-bond donors (Lipinski definition) is 0. The molecule has 2 rings (SSSR count). The summed E-state index contributed by atoms with van der Waals surface area (Å²) in [5, 5.41) is 0. The Balaban J connectivity index is 2.41. The Hall–Kier alpha value is -2.68. The van der Waals surface area contributed by atoms with Gasteiger partial charge in [-0.3, -0.25) is 0 Å². The van der Waals surface area contributed by atoms with Gasteiger partial charge < -0.3 is 15.0 Å². The summed E-state index contributed by atoms with van der Waals surface area (Å²) in [4.78, 5) is 2.15. The van der Waals surface area contributed by atoms with Crippen molar-refractivity contribution in [3.63, 3.8) is 0 Å². The first-order valence-corrected chi connectivity index (χ1v) is 13.7. The van der Waals surface area contributed by atoms with Crippen LogP contribution in [-0.4, -0.2) is 39.2 Å². The van der Waals surface area contributed by atoms with Crippen LogP contribution in [0.4, 0.5) is 0 Å². The lowest BCUT2D eigenvalue weighted by molar-refractivity contribution is 0.00379. The third-order valence-electron chi connectivity index (χ3n) is 4.95. The molecular weight excluding hydrogens is 464 g/mol. The first-order chi connectivity index (χ1) is 15.6. The number of benzene rings is 2. The summed E-state index contributed by atoms with van der Waals surface area (Å²) >= 11 is 0. The quantitative estimate of drug-likeness (QED) is 0.158. The van der Waals surface area contributed by atoms with Crippen molar-refractivity contribution in [2.24, 2.45) is 0 Å². The molecule has 0 N–H and O–H groups in total. The predicted octanol–water partition coefficient (Wildman–Crippen LogP) is 4.49. The van der Waals surface area contributed by atoms with E-state index in [9.17, 15) is 22.4 Å². The highest BCUT2D eigenvalue weighted by Gasteiger charge is 2.45. The Kier molecular flexibility index (Phi) is 9.22. The standard InChI is InChI=1S/C23H30N2O6S2/c1-5-7-13-30-19-9-11-21(17(3)15-19)32(26,27)23(25-24)33(28,29)22-12-10-20(16-18(22)4)31-14-8-6-2/h9-12,15-16H,5-8,13-14H2,1-4H3. The summed E-state index contributed by atoms with van der Waals surface area (Å²) < 4.78 is 62.6. The van der Waals surface area contributed by atoms with Crippen LogP contribution in [0, 0.1) is 13.8 Å². The molecule has 0 bridgehead atoms. The van der Waals surface area contributed by atoms with E-state index in [2.05, 4.69) is 4.79 Å². The fourth-order valence-electron chi connectivity index (χ4n) is 3.14. The van der Waals surface area contributed by atoms with Crippen LogP contribution in [0.15, 0.2) is 46.2 Å². The van der Waals surface area contributed by atoms with Gasteiger partial charge >= 0.3 is 4.38 Å². The fraction of sp³-hybridized carbons (Fsp3) is 0.435. The summed E-state index contributed by atoms with van der Waals surface area (Å²) in [6, 6.07) is 8.43. The van der Waals surface area contributed by atoms with E-state index in [0.29, 0.717) is 24.7 Å². The minimum atomic E-state index is -4.65. The van der Waals surface area contributed by atoms with Crippen molar-refractivity contribution >= 4 is 24.1 Å². The fourth-order valence-corrected chi connectivity index (χ4v) is 6.88. The summed E-state index contributed by atoms with van der Waals surface area (Å²) in [7, 11) is -9.30. The molecule has 0 heterocycles. The molecule has 0 fully saturated rings. The summed E-state index contributed by atoms with van der Waals surface area (Å²) in [5.41, 5.74) is 10.0. The highest BCUT2D eigenvalue weighted by Crippen LogP contribution is 2.28. The van der Waals surface area contributed by atoms with Gasteiger partial charge in [-0.15, -0.1) is 4.79 Å². The lowest BCUT2D eigenvalue weighted by Crippen LogP contribution is -2.27. The second kappa shape index (κ2) is 11.4. The number of sulfone groups is 2. The van der Waals surface area contributed by atoms with Crippen molar-refractivity contribution in [3.05, 3.63) is 53.1 Å². The van der Waals surface area contributed by atoms with Crippen molar-refractivity contribution in [3.8, 4) is 11.5 Å². The molecule has 33 heavy (non-hydrogen) atoms. The highest BCUT2D eigenvalue weighted by molar-refractivity contribution is 8.31. The highest BCUT2D eigenvalue weighted by atomic mass is 32.3. The average molecular weight is 495 g/mol. The van der Waals surface area contributed by atoms with Gasteiger partial charge in [-0.1, -0.05) is 26.7 Å². The van der Waals surface area contributed by atoms with Crippen molar-refractivity contribution in [1.29, 1.82) is 0 Å². The number of nitrogens with zero attached hydrogens (tertiary/aromatic N) is 2. The molecule has 2 aromatic carbocycles. The van der Waals surface area contributed by atoms with E-state index in [-0.39, 0.29) is 20.9 Å². The summed E-state index contributed by atoms with van der Waals surface area (Å²) in [5.74, 6) is 0.944. The maximum Gasteiger partial charge on any atom is 0.504 e. The van der Waals surface area contributed by atoms with Crippen molar-refractivity contribution in [2.75, 3.05) is 13.2 Å². The van der Waals surface area contributed by atoms with Gasteiger partial charge in [0.2, 0.25) is 0 Å². The van der Waals surface area contributed by atoms with Gasteiger partial charge in [-0.05, 0) is 74.2 Å². The first-order valence-electron chi connectivity index (χ1n) is 10.8. The number of hydrogen-bond acceptors (Lipinski definition) is 6. The number of aryl methyl sites for hydroxylation is 2. The van der Waals surface area contributed by atoms with E-state index < -0.39 is 24.1 Å². The summed E-state index contributed by atoms with van der Waals surface area (Å²) in [6.07, 6.45) is 3.59. The predicted molar refractivity (Wildman–Crippen MR) is 126 cm³/mol. The number of rotatable bonds is 10. The second-order valence-corrected chi connectivity index (χ2v) is 11.6. The molecule has 0 spiro atoms. The molecule has 0 aliphatic heterocycles. The van der Waals surface area contributed by atoms with E-state index in [0.717, 1.165) is 25.7 Å². The molecule has 2 aromatic rings. The Labute approximate surface area is 196 Å². The SMILES string of the molecule is CCCCOc1ccc(S(=O)(=O)C(=[N+]=[N-])S(=O)(=O)c2ccc(OCCCC)cc2C)c(C)c1. The first kappa shape index (κ1) is 26.6. The van der Waals surface area contributed by atoms with E-state index in [1.165, 1.54) is 50.2 Å². The molecule has 0 radical (unpaired) electrons. The molecule has 0 aromatic heterocycles. The molecule has 180 valence electrons. The van der Waals surface area contributed by atoms with Crippen LogP contribution in [0.5, 0.6) is 11.5 Å². The average Bonchev–Trinajstić information content (AvgIpc) is 2.74. The van der Waals surface area contributed by atoms with Crippen LogP contribution in [0.2, 0.25) is 0 Å². The summed E-state index contributed by atoms with van der Waals surface area (Å²) in [6.45, 7) is 8.06. The van der Waals surface area contributed by atoms with Gasteiger partial charge in [-0.25, -0.2) is 16.8 Å². The van der Waals surface area contributed by atoms with Crippen LogP contribution < -0.4 is 9.47 Å². The number of unbranched alkanes of at least 4 members (excludes halogenated alkanes) is 2. The second-order valence-electron chi connectivity index (χ2n) is 7.63. The zero-order valence-corrected chi connectivity index (χ0v) is 21.0. The normalized spacial score (nSPS) is 11.6. The van der Waals surface area contributed by atoms with Gasteiger partial charge in [0, 0.05) is 0 Å². The zero-order valence-electron chi connectivity index (χ0n) is 19.4. The maximum atomic E-state index is 13.2. The van der Waals surface area contributed by atoms with Crippen LogP contribution in [-0.2, 0) is 19.7 Å². The zero-order chi connectivity index (χ0) is 24.6. The number of ether oxygens (including phenoxy) is 2. The van der Waals surface area contributed by atoms with E-state index in [1.807, 2.05) is 13.8 Å². The molecule has 0 saturated carbocycles. The molecule has 0 atom stereocenters. The third kappa shape index (κ3) is 6.22. The largest absolute Gasteiger partial charge is 0.504 e. The molecule has 0 aliphatic rings. The minimum absolute atomic E-state index is 0.275. The van der Waals surface area contributed by atoms with Gasteiger partial charge in [0.15, 0.2) is 0 Å². The van der Waals surface area contributed by atoms with Crippen LogP contribution >= 0.6 is 0 Å². The van der Waals surface area contributed by atoms with Gasteiger partial charge in [0.05, 0.1) is 23.0 Å². The van der Waals surface area contributed by atoms with E-state index >= 15 is 0 Å². The molecule has 0 aliphatic carbocycles. The van der Waals surface area contributed by atoms with E-state index in [1.54, 1.807) is 0 Å². The molecule has 8 nitrogen and oxygen atoms in total. The van der Waals surface area contributed by atoms with E-state index in [4.69, 9.17) is 9.47 Å². The minimum Gasteiger partial charge on any atom is -0.494 e. The topological polar surface area (TPSA) is 123 Å². The van der Waals surface area contributed by atoms with Gasteiger partial charge in [0.1, 0.15) is 11.5 Å². The Bertz CT molecular complexity index is 1160. The third-order valence-corrected chi connectivity index (χ3v) is 9.42. The smallest absolute Gasteiger partial charge is 0.494 e. The van der Waals surface area contributed by atoms with Gasteiger partial charge in [0.25, 0.3) is 19.7 Å². The van der Waals surface area contributed by atoms with Crippen molar-refractivity contribution in [2.45, 2.75) is 63.2 Å². The van der Waals surface area contributed by atoms with Crippen LogP contribution in [0.3, 0.4) is 0 Å². The molecule has 0 unspecified atom stereocenters. The lowest BCUT2D eigenvalue weighted by Gasteiger charge is -2.11. The Morgan fingerprint density at radius 3 is 1.48 bits per heavy atom. The van der Waals surface area contributed by atoms with Crippen LogP contribution in [0.25, 0.3) is 5.53 Å². The molecule has 0 saturated heterocycles. The Morgan fingerprint density at radius 1 is 0.788 bits per heavy atom. The Morgan fingerprint density at radius 2 is 1.18 bits per heavy atom. The van der Waals surface area contributed by atoms with Crippen LogP contribution in [0.1, 0.15) is 50.7 Å². The van der Waals surface area contributed by atoms with Crippen molar-refractivity contribution < 1.29 is 31.1 Å². The molecule has 10 heteroatoms. The monoisotopic (exact) mass is 494 g/mol. The maximum absolute atomic E-state index is 13.2. The lowest BCUT2D eigenvalue weighted by atomic mass is 10.2. The van der Waals surface area contributed by atoms with Gasteiger partial charge in [-0.2, -0.15) is 0 Å². The molecular formula is C23H30N2O6S2. The van der Waals surface area contributed by atoms with Crippen molar-refractivity contribution in [1.82, 2.24) is 0 Å². The molecule has 0 amide bonds.